The fourth-order valence-electron chi connectivity index (χ4n) is 1.16. The number of hydrogen-bond acceptors (Lipinski definition) is 4. The van der Waals surface area contributed by atoms with E-state index in [0.717, 1.165) is 18.4 Å². The number of methoxy groups -OCH3 is 1. The summed E-state index contributed by atoms with van der Waals surface area (Å²) in [5, 5.41) is 2.73. The first-order valence-corrected chi connectivity index (χ1v) is 5.82. The summed E-state index contributed by atoms with van der Waals surface area (Å²) in [5.41, 5.74) is -0.252. The van der Waals surface area contributed by atoms with Gasteiger partial charge in [-0.3, -0.25) is 4.79 Å². The van der Waals surface area contributed by atoms with Gasteiger partial charge in [0, 0.05) is 0 Å². The van der Waals surface area contributed by atoms with E-state index in [1.165, 1.54) is 17.6 Å². The molecule has 10 heteroatoms. The van der Waals surface area contributed by atoms with Crippen LogP contribution in [0.3, 0.4) is 0 Å². The van der Waals surface area contributed by atoms with Crippen LogP contribution in [0.4, 0.5) is 27.6 Å². The molecule has 0 fully saturated rings. The molecule has 0 aliphatic heterocycles. The molecular weight excluding hydrogens is 309 g/mol. The van der Waals surface area contributed by atoms with Crippen LogP contribution in [-0.4, -0.2) is 31.1 Å². The van der Waals surface area contributed by atoms with Crippen LogP contribution in [0, 0.1) is 6.92 Å². The number of anilines is 1. The van der Waals surface area contributed by atoms with Crippen LogP contribution in [0.1, 0.15) is 15.2 Å². The second-order valence-corrected chi connectivity index (χ2v) is 4.52. The maximum Gasteiger partial charge on any atom is 0.463 e. The molecule has 0 atom stereocenters. The molecule has 20 heavy (non-hydrogen) atoms. The SMILES string of the molecule is COC(=O)c1scc(C)c1NC(=O)C(F)(F)C(F)(F)F. The number of esters is 1. The van der Waals surface area contributed by atoms with Gasteiger partial charge < -0.3 is 10.1 Å². The number of rotatable bonds is 3. The Morgan fingerprint density at radius 2 is 1.80 bits per heavy atom. The summed E-state index contributed by atoms with van der Waals surface area (Å²) >= 11 is 0.754. The number of hydrogen-bond donors (Lipinski definition) is 1. The Hall–Kier alpha value is -1.71. The largest absolute Gasteiger partial charge is 0.465 e. The summed E-state index contributed by atoms with van der Waals surface area (Å²) < 4.78 is 66.1. The molecule has 1 amide bonds. The van der Waals surface area contributed by atoms with Gasteiger partial charge in [-0.2, -0.15) is 22.0 Å². The molecule has 0 unspecified atom stereocenters. The molecular formula is C10H8F5NO3S. The molecule has 0 aliphatic rings. The van der Waals surface area contributed by atoms with Gasteiger partial charge in [0.05, 0.1) is 12.8 Å². The Morgan fingerprint density at radius 3 is 2.25 bits per heavy atom. The molecule has 0 aromatic carbocycles. The summed E-state index contributed by atoms with van der Waals surface area (Å²) in [4.78, 5) is 22.1. The van der Waals surface area contributed by atoms with Gasteiger partial charge in [-0.15, -0.1) is 11.3 Å². The molecule has 0 spiro atoms. The third-order valence-electron chi connectivity index (χ3n) is 2.23. The zero-order chi connectivity index (χ0) is 15.7. The Labute approximate surface area is 113 Å². The van der Waals surface area contributed by atoms with Gasteiger partial charge in [0.25, 0.3) is 0 Å². The van der Waals surface area contributed by atoms with E-state index in [4.69, 9.17) is 0 Å². The van der Waals surface area contributed by atoms with Crippen molar-refractivity contribution >= 4 is 28.9 Å². The van der Waals surface area contributed by atoms with Gasteiger partial charge >= 0.3 is 24.0 Å². The highest BCUT2D eigenvalue weighted by atomic mass is 32.1. The lowest BCUT2D eigenvalue weighted by Gasteiger charge is -2.19. The van der Waals surface area contributed by atoms with Gasteiger partial charge in [-0.05, 0) is 17.9 Å². The second kappa shape index (κ2) is 5.35. The third-order valence-corrected chi connectivity index (χ3v) is 3.30. The molecule has 1 rings (SSSR count). The van der Waals surface area contributed by atoms with Crippen LogP contribution in [0.5, 0.6) is 0 Å². The number of halogens is 5. The van der Waals surface area contributed by atoms with E-state index < -0.39 is 29.7 Å². The number of nitrogens with one attached hydrogen (secondary N) is 1. The van der Waals surface area contributed by atoms with Crippen LogP contribution in [0.25, 0.3) is 0 Å². The van der Waals surface area contributed by atoms with Crippen molar-refractivity contribution in [3.05, 3.63) is 15.8 Å². The van der Waals surface area contributed by atoms with E-state index in [1.807, 2.05) is 0 Å². The standard InChI is InChI=1S/C10H8F5NO3S/c1-4-3-20-6(7(17)19-2)5(4)16-8(18)9(11,12)10(13,14)15/h3H,1-2H3,(H,16,18). The minimum atomic E-state index is -6.02. The van der Waals surface area contributed by atoms with E-state index >= 15 is 0 Å². The lowest BCUT2D eigenvalue weighted by atomic mass is 10.2. The quantitative estimate of drug-likeness (QED) is 0.689. The van der Waals surface area contributed by atoms with Crippen molar-refractivity contribution < 1.29 is 36.3 Å². The normalized spacial score (nSPS) is 12.2. The van der Waals surface area contributed by atoms with Gasteiger partial charge in [0.1, 0.15) is 4.88 Å². The molecule has 0 radical (unpaired) electrons. The molecule has 0 bridgehead atoms. The van der Waals surface area contributed by atoms with Crippen molar-refractivity contribution in [3.63, 3.8) is 0 Å². The average Bonchev–Trinajstić information content (AvgIpc) is 2.68. The number of carbonyl (C=O) groups is 2. The minimum Gasteiger partial charge on any atom is -0.465 e. The molecule has 0 saturated heterocycles. The molecule has 4 nitrogen and oxygen atoms in total. The van der Waals surface area contributed by atoms with Crippen molar-refractivity contribution in [2.45, 2.75) is 19.0 Å². The average molecular weight is 317 g/mol. The lowest BCUT2D eigenvalue weighted by molar-refractivity contribution is -0.267. The fourth-order valence-corrected chi connectivity index (χ4v) is 2.09. The molecule has 0 saturated carbocycles. The van der Waals surface area contributed by atoms with E-state index in [1.54, 1.807) is 0 Å². The van der Waals surface area contributed by atoms with Gasteiger partial charge in [-0.25, -0.2) is 4.79 Å². The molecule has 1 heterocycles. The predicted octanol–water partition coefficient (Wildman–Crippen LogP) is 2.98. The Bertz CT molecular complexity index is 537. The topological polar surface area (TPSA) is 55.4 Å². The van der Waals surface area contributed by atoms with Crippen LogP contribution in [0.2, 0.25) is 0 Å². The first-order valence-electron chi connectivity index (χ1n) is 4.94. The van der Waals surface area contributed by atoms with Crippen molar-refractivity contribution in [1.82, 2.24) is 0 Å². The van der Waals surface area contributed by atoms with E-state index in [2.05, 4.69) is 4.74 Å². The predicted molar refractivity (Wildman–Crippen MR) is 60.0 cm³/mol. The van der Waals surface area contributed by atoms with Crippen LogP contribution >= 0.6 is 11.3 Å². The van der Waals surface area contributed by atoms with Gasteiger partial charge in [0.15, 0.2) is 0 Å². The molecule has 1 aromatic rings. The first-order chi connectivity index (χ1) is 9.02. The highest BCUT2D eigenvalue weighted by Gasteiger charge is 2.63. The van der Waals surface area contributed by atoms with E-state index in [9.17, 15) is 31.5 Å². The van der Waals surface area contributed by atoms with Crippen molar-refractivity contribution in [2.75, 3.05) is 12.4 Å². The third kappa shape index (κ3) is 2.89. The van der Waals surface area contributed by atoms with Crippen molar-refractivity contribution in [3.8, 4) is 0 Å². The number of carbonyl (C=O) groups excluding carboxylic acids is 2. The summed E-state index contributed by atoms with van der Waals surface area (Å²) in [6.45, 7) is 1.34. The number of ether oxygens (including phenoxy) is 1. The summed E-state index contributed by atoms with van der Waals surface area (Å²) in [5.74, 6) is -9.07. The van der Waals surface area contributed by atoms with Crippen LogP contribution in [-0.2, 0) is 9.53 Å². The molecule has 1 N–H and O–H groups in total. The maximum atomic E-state index is 12.8. The number of amides is 1. The molecule has 112 valence electrons. The van der Waals surface area contributed by atoms with Crippen molar-refractivity contribution in [2.24, 2.45) is 0 Å². The monoisotopic (exact) mass is 317 g/mol. The Kier molecular flexibility index (Phi) is 4.37. The lowest BCUT2D eigenvalue weighted by Crippen LogP contribution is -2.47. The van der Waals surface area contributed by atoms with Gasteiger partial charge in [0.2, 0.25) is 0 Å². The van der Waals surface area contributed by atoms with Crippen LogP contribution < -0.4 is 5.32 Å². The number of thiophene rings is 1. The smallest absolute Gasteiger partial charge is 0.463 e. The van der Waals surface area contributed by atoms with Gasteiger partial charge in [-0.1, -0.05) is 0 Å². The highest BCUT2D eigenvalue weighted by Crippen LogP contribution is 2.37. The Morgan fingerprint density at radius 1 is 1.25 bits per heavy atom. The first kappa shape index (κ1) is 16.3. The Balaban J connectivity index is 3.09. The summed E-state index contributed by atoms with van der Waals surface area (Å²) in [6, 6.07) is 0. The van der Waals surface area contributed by atoms with Crippen molar-refractivity contribution in [1.29, 1.82) is 0 Å². The minimum absolute atomic E-state index is 0.168. The van der Waals surface area contributed by atoms with E-state index in [-0.39, 0.29) is 10.4 Å². The summed E-state index contributed by atoms with van der Waals surface area (Å²) in [6.07, 6.45) is -6.02. The molecule has 1 aromatic heterocycles. The van der Waals surface area contributed by atoms with Crippen LogP contribution in [0.15, 0.2) is 5.38 Å². The van der Waals surface area contributed by atoms with E-state index in [0.29, 0.717) is 0 Å². The fraction of sp³-hybridized carbons (Fsp3) is 0.400. The zero-order valence-corrected chi connectivity index (χ0v) is 10.9. The number of alkyl halides is 5. The molecule has 0 aliphatic carbocycles. The summed E-state index contributed by atoms with van der Waals surface area (Å²) in [7, 11) is 1.01. The second-order valence-electron chi connectivity index (χ2n) is 3.64. The highest BCUT2D eigenvalue weighted by molar-refractivity contribution is 7.12. The maximum absolute atomic E-state index is 12.8. The number of aryl methyl sites for hydroxylation is 1. The zero-order valence-electron chi connectivity index (χ0n) is 10.1.